The highest BCUT2D eigenvalue weighted by Crippen LogP contribution is 2.34. The van der Waals surface area contributed by atoms with Crippen LogP contribution < -0.4 is 5.32 Å². The molecule has 2 heterocycles. The topological polar surface area (TPSA) is 72.7 Å². The molecule has 1 N–H and O–H groups in total. The maximum absolute atomic E-state index is 12.9. The summed E-state index contributed by atoms with van der Waals surface area (Å²) < 4.78 is 1.75. The maximum atomic E-state index is 12.9. The number of fused-ring (bicyclic) bond motifs is 1. The number of nitrogens with zero attached hydrogens (tertiary/aromatic N) is 4. The molecular formula is C22H25N5O. The summed E-state index contributed by atoms with van der Waals surface area (Å²) in [6.07, 6.45) is 1.31. The van der Waals surface area contributed by atoms with Crippen molar-refractivity contribution in [1.29, 1.82) is 0 Å². The molecule has 28 heavy (non-hydrogen) atoms. The van der Waals surface area contributed by atoms with Gasteiger partial charge in [0.2, 0.25) is 0 Å². The third-order valence-electron chi connectivity index (χ3n) is 5.35. The van der Waals surface area contributed by atoms with E-state index >= 15 is 0 Å². The molecule has 6 heteroatoms. The Morgan fingerprint density at radius 2 is 1.79 bits per heavy atom. The second kappa shape index (κ2) is 6.86. The van der Waals surface area contributed by atoms with E-state index in [1.54, 1.807) is 4.68 Å². The number of aryl methyl sites for hydroxylation is 3. The van der Waals surface area contributed by atoms with Gasteiger partial charge in [-0.25, -0.2) is 14.6 Å². The number of anilines is 2. The Labute approximate surface area is 165 Å². The number of nitrogens with one attached hydrogen (secondary N) is 1. The first-order valence-electron chi connectivity index (χ1n) is 9.64. The minimum Gasteiger partial charge on any atom is -0.338 e. The highest BCUT2D eigenvalue weighted by Gasteiger charge is 2.32. The molecule has 1 aliphatic carbocycles. The quantitative estimate of drug-likeness (QED) is 0.734. The average Bonchev–Trinajstić information content (AvgIpc) is 2.96. The number of hydrogen-bond acceptors (Lipinski definition) is 5. The zero-order valence-corrected chi connectivity index (χ0v) is 17.0. The molecule has 0 fully saturated rings. The molecule has 2 aromatic heterocycles. The zero-order valence-electron chi connectivity index (χ0n) is 17.0. The lowest BCUT2D eigenvalue weighted by molar-refractivity contribution is 0.0953. The van der Waals surface area contributed by atoms with Crippen LogP contribution in [0.1, 0.15) is 51.9 Å². The minimum absolute atomic E-state index is 0.122. The van der Waals surface area contributed by atoms with Crippen molar-refractivity contribution in [2.24, 2.45) is 5.92 Å². The van der Waals surface area contributed by atoms with Gasteiger partial charge < -0.3 is 5.32 Å². The summed E-state index contributed by atoms with van der Waals surface area (Å²) in [5, 5.41) is 8.15. The zero-order chi connectivity index (χ0) is 20.0. The van der Waals surface area contributed by atoms with E-state index in [0.29, 0.717) is 23.8 Å². The van der Waals surface area contributed by atoms with E-state index in [4.69, 9.17) is 5.10 Å². The number of hydrogen-bond donors (Lipinski definition) is 1. The Morgan fingerprint density at radius 1 is 1.07 bits per heavy atom. The largest absolute Gasteiger partial charge is 0.338 e. The molecular weight excluding hydrogens is 350 g/mol. The Hall–Kier alpha value is -3.02. The monoisotopic (exact) mass is 375 g/mol. The van der Waals surface area contributed by atoms with Crippen molar-refractivity contribution in [1.82, 2.24) is 19.7 Å². The van der Waals surface area contributed by atoms with Crippen LogP contribution in [0.15, 0.2) is 24.3 Å². The van der Waals surface area contributed by atoms with Crippen LogP contribution in [0.5, 0.6) is 0 Å². The van der Waals surface area contributed by atoms with E-state index < -0.39 is 0 Å². The molecule has 0 radical (unpaired) electrons. The van der Waals surface area contributed by atoms with Crippen molar-refractivity contribution in [3.8, 4) is 5.95 Å². The van der Waals surface area contributed by atoms with Crippen LogP contribution in [-0.4, -0.2) is 25.5 Å². The summed E-state index contributed by atoms with van der Waals surface area (Å²) in [5.74, 6) is 1.50. The second-order valence-corrected chi connectivity index (χ2v) is 7.84. The fraction of sp³-hybridized carbons (Fsp3) is 0.364. The van der Waals surface area contributed by atoms with E-state index in [0.717, 1.165) is 34.8 Å². The average molecular weight is 375 g/mol. The van der Waals surface area contributed by atoms with Crippen molar-refractivity contribution < 1.29 is 4.79 Å². The summed E-state index contributed by atoms with van der Waals surface area (Å²) in [5.41, 5.74) is 6.61. The van der Waals surface area contributed by atoms with Gasteiger partial charge in [0.15, 0.2) is 11.6 Å². The first-order chi connectivity index (χ1) is 13.3. The molecule has 1 aliphatic rings. The molecule has 0 spiro atoms. The van der Waals surface area contributed by atoms with Crippen molar-refractivity contribution in [2.45, 2.75) is 47.5 Å². The standard InChI is InChI=1S/C22H25N5O/c1-12-9-18-20(19(28)10-12)21(25-17-8-6-7-13(2)16(17)5)26-27(18)22-23-14(3)11-15(4)24-22/h6-8,11-12H,9-10H2,1-5H3,(H,25,26). The molecule has 0 amide bonds. The Bertz CT molecular complexity index is 1060. The van der Waals surface area contributed by atoms with Gasteiger partial charge in [0.25, 0.3) is 5.95 Å². The number of benzene rings is 1. The Balaban J connectivity index is 1.88. The highest BCUT2D eigenvalue weighted by molar-refractivity contribution is 6.03. The molecule has 6 nitrogen and oxygen atoms in total. The van der Waals surface area contributed by atoms with E-state index in [1.165, 1.54) is 5.56 Å². The van der Waals surface area contributed by atoms with Gasteiger partial charge in [-0.1, -0.05) is 19.1 Å². The predicted molar refractivity (Wildman–Crippen MR) is 110 cm³/mol. The van der Waals surface area contributed by atoms with Crippen LogP contribution in [0.4, 0.5) is 11.5 Å². The molecule has 4 rings (SSSR count). The van der Waals surface area contributed by atoms with Gasteiger partial charge in [-0.15, -0.1) is 5.10 Å². The summed E-state index contributed by atoms with van der Waals surface area (Å²) in [6, 6.07) is 8.02. The SMILES string of the molecule is Cc1cc(C)nc(-n2nc(Nc3cccc(C)c3C)c3c2CC(C)CC3=O)n1. The number of Topliss-reactive ketones (excluding diaryl/α,β-unsaturated/α-hetero) is 1. The molecule has 0 saturated carbocycles. The van der Waals surface area contributed by atoms with E-state index in [1.807, 2.05) is 32.0 Å². The van der Waals surface area contributed by atoms with Crippen molar-refractivity contribution in [3.63, 3.8) is 0 Å². The van der Waals surface area contributed by atoms with E-state index in [9.17, 15) is 4.79 Å². The van der Waals surface area contributed by atoms with Crippen LogP contribution in [0, 0.1) is 33.6 Å². The number of rotatable bonds is 3. The van der Waals surface area contributed by atoms with Gasteiger partial charge >= 0.3 is 0 Å². The van der Waals surface area contributed by atoms with Gasteiger partial charge in [-0.05, 0) is 63.3 Å². The third kappa shape index (κ3) is 3.19. The van der Waals surface area contributed by atoms with E-state index in [2.05, 4.69) is 42.1 Å². The lowest BCUT2D eigenvalue weighted by atomic mass is 9.88. The molecule has 0 aliphatic heterocycles. The number of ketones is 1. The van der Waals surface area contributed by atoms with Crippen LogP contribution >= 0.6 is 0 Å². The van der Waals surface area contributed by atoms with Gasteiger partial charge in [-0.2, -0.15) is 0 Å². The van der Waals surface area contributed by atoms with Crippen LogP contribution in [0.3, 0.4) is 0 Å². The third-order valence-corrected chi connectivity index (χ3v) is 5.35. The second-order valence-electron chi connectivity index (χ2n) is 7.84. The van der Waals surface area contributed by atoms with Crippen LogP contribution in [-0.2, 0) is 6.42 Å². The predicted octanol–water partition coefficient (Wildman–Crippen LogP) is 4.40. The molecule has 3 aromatic rings. The Morgan fingerprint density at radius 3 is 2.50 bits per heavy atom. The number of carbonyl (C=O) groups is 1. The number of carbonyl (C=O) groups excluding carboxylic acids is 1. The fourth-order valence-electron chi connectivity index (χ4n) is 3.82. The van der Waals surface area contributed by atoms with Crippen molar-refractivity contribution in [3.05, 3.63) is 58.0 Å². The normalized spacial score (nSPS) is 16.2. The first-order valence-corrected chi connectivity index (χ1v) is 9.64. The van der Waals surface area contributed by atoms with E-state index in [-0.39, 0.29) is 11.7 Å². The molecule has 1 aromatic carbocycles. The van der Waals surface area contributed by atoms with Crippen LogP contribution in [0.25, 0.3) is 5.95 Å². The summed E-state index contributed by atoms with van der Waals surface area (Å²) >= 11 is 0. The molecule has 0 saturated heterocycles. The summed E-state index contributed by atoms with van der Waals surface area (Å²) in [7, 11) is 0. The molecule has 144 valence electrons. The molecule has 0 bridgehead atoms. The van der Waals surface area contributed by atoms with Crippen molar-refractivity contribution in [2.75, 3.05) is 5.32 Å². The van der Waals surface area contributed by atoms with Crippen LogP contribution in [0.2, 0.25) is 0 Å². The smallest absolute Gasteiger partial charge is 0.251 e. The Kier molecular flexibility index (Phi) is 4.49. The molecule has 1 atom stereocenters. The summed E-state index contributed by atoms with van der Waals surface area (Å²) in [4.78, 5) is 22.0. The lowest BCUT2D eigenvalue weighted by Crippen LogP contribution is -2.20. The minimum atomic E-state index is 0.122. The van der Waals surface area contributed by atoms with Crippen molar-refractivity contribution >= 4 is 17.3 Å². The maximum Gasteiger partial charge on any atom is 0.251 e. The first kappa shape index (κ1) is 18.3. The van der Waals surface area contributed by atoms with Gasteiger partial charge in [0, 0.05) is 23.5 Å². The molecule has 1 unspecified atom stereocenters. The van der Waals surface area contributed by atoms with Gasteiger partial charge in [0.05, 0.1) is 11.3 Å². The lowest BCUT2D eigenvalue weighted by Gasteiger charge is -2.19. The number of aromatic nitrogens is 4. The fourth-order valence-corrected chi connectivity index (χ4v) is 3.82. The van der Waals surface area contributed by atoms with Gasteiger partial charge in [0.1, 0.15) is 0 Å². The highest BCUT2D eigenvalue weighted by atomic mass is 16.1. The summed E-state index contributed by atoms with van der Waals surface area (Å²) in [6.45, 7) is 10.1. The van der Waals surface area contributed by atoms with Gasteiger partial charge in [-0.3, -0.25) is 4.79 Å².